The average Bonchev–Trinajstić information content (AvgIpc) is 2.79. The molecule has 31 heavy (non-hydrogen) atoms. The van der Waals surface area contributed by atoms with Crippen molar-refractivity contribution in [1.82, 2.24) is 15.1 Å². The van der Waals surface area contributed by atoms with E-state index in [0.717, 1.165) is 24.9 Å². The fourth-order valence-corrected chi connectivity index (χ4v) is 3.93. The average molecular weight is 441 g/mol. The lowest BCUT2D eigenvalue weighted by molar-refractivity contribution is -0.125. The second-order valence-corrected chi connectivity index (χ2v) is 7.92. The van der Waals surface area contributed by atoms with Gasteiger partial charge in [-0.25, -0.2) is 4.39 Å². The van der Waals surface area contributed by atoms with Crippen LogP contribution in [0.1, 0.15) is 18.4 Å². The minimum absolute atomic E-state index is 0.0388. The number of hydrogen-bond acceptors (Lipinski definition) is 4. The third kappa shape index (κ3) is 4.94. The van der Waals surface area contributed by atoms with Crippen LogP contribution in [0.5, 0.6) is 0 Å². The molecule has 0 spiro atoms. The maximum atomic E-state index is 13.6. The number of carbonyl (C=O) groups excluding carboxylic acids is 1. The Balaban J connectivity index is 1.47. The molecule has 2 aromatic carbocycles. The molecule has 1 aliphatic heterocycles. The molecule has 0 aliphatic carbocycles. The van der Waals surface area contributed by atoms with E-state index in [2.05, 4.69) is 10.4 Å². The van der Waals surface area contributed by atoms with Crippen LogP contribution in [0, 0.1) is 11.7 Å². The maximum absolute atomic E-state index is 13.6. The Morgan fingerprint density at radius 1 is 1.16 bits per heavy atom. The first-order chi connectivity index (χ1) is 15.0. The summed E-state index contributed by atoms with van der Waals surface area (Å²) in [6, 6.07) is 16.2. The molecule has 0 saturated carbocycles. The fraction of sp³-hybridized carbons (Fsp3) is 0.261. The van der Waals surface area contributed by atoms with Gasteiger partial charge in [0.25, 0.3) is 5.56 Å². The summed E-state index contributed by atoms with van der Waals surface area (Å²) in [4.78, 5) is 27.0. The summed E-state index contributed by atoms with van der Waals surface area (Å²) in [5.41, 5.74) is 0.882. The molecule has 6 nitrogen and oxygen atoms in total. The number of amides is 1. The highest BCUT2D eigenvalue weighted by molar-refractivity contribution is 6.31. The molecular weight excluding hydrogens is 419 g/mol. The highest BCUT2D eigenvalue weighted by Gasteiger charge is 2.27. The smallest absolute Gasteiger partial charge is 0.271 e. The first kappa shape index (κ1) is 21.1. The number of rotatable bonds is 5. The van der Waals surface area contributed by atoms with Crippen molar-refractivity contribution >= 4 is 23.3 Å². The molecule has 1 amide bonds. The van der Waals surface area contributed by atoms with Crippen molar-refractivity contribution in [2.45, 2.75) is 19.4 Å². The Hall–Kier alpha value is -3.19. The number of halogens is 2. The van der Waals surface area contributed by atoms with E-state index in [1.54, 1.807) is 18.2 Å². The van der Waals surface area contributed by atoms with Gasteiger partial charge >= 0.3 is 0 Å². The molecule has 1 aliphatic rings. The Kier molecular flexibility index (Phi) is 6.32. The summed E-state index contributed by atoms with van der Waals surface area (Å²) in [7, 11) is 0. The summed E-state index contributed by atoms with van der Waals surface area (Å²) in [5, 5.41) is 8.01. The standard InChI is InChI=1S/C23H22ClFN4O2/c24-20-9-2-1-5-16(20)14-26-23(31)17-6-4-12-28(15-17)21-10-11-22(30)29(27-21)19-8-3-7-18(25)13-19/h1-3,5,7-11,13,17H,4,6,12,14-15H2,(H,26,31)/t17-/m0/s1. The monoisotopic (exact) mass is 440 g/mol. The fourth-order valence-electron chi connectivity index (χ4n) is 3.73. The topological polar surface area (TPSA) is 67.2 Å². The number of nitrogens with zero attached hydrogens (tertiary/aromatic N) is 3. The lowest BCUT2D eigenvalue weighted by Gasteiger charge is -2.33. The van der Waals surface area contributed by atoms with Crippen LogP contribution in [0.3, 0.4) is 0 Å². The van der Waals surface area contributed by atoms with E-state index in [4.69, 9.17) is 11.6 Å². The van der Waals surface area contributed by atoms with E-state index < -0.39 is 5.82 Å². The Bertz CT molecular complexity index is 1150. The zero-order valence-corrected chi connectivity index (χ0v) is 17.6. The van der Waals surface area contributed by atoms with Crippen molar-refractivity contribution in [3.05, 3.63) is 87.4 Å². The molecule has 1 N–H and O–H groups in total. The number of nitrogens with one attached hydrogen (secondary N) is 1. The highest BCUT2D eigenvalue weighted by atomic mass is 35.5. The van der Waals surface area contributed by atoms with Gasteiger partial charge < -0.3 is 10.2 Å². The quantitative estimate of drug-likeness (QED) is 0.658. The third-order valence-electron chi connectivity index (χ3n) is 5.37. The zero-order valence-electron chi connectivity index (χ0n) is 16.8. The van der Waals surface area contributed by atoms with E-state index >= 15 is 0 Å². The van der Waals surface area contributed by atoms with Crippen LogP contribution in [0.2, 0.25) is 5.02 Å². The molecule has 3 aromatic rings. The molecule has 1 saturated heterocycles. The minimum Gasteiger partial charge on any atom is -0.354 e. The molecule has 1 fully saturated rings. The van der Waals surface area contributed by atoms with Crippen LogP contribution in [0.15, 0.2) is 65.5 Å². The highest BCUT2D eigenvalue weighted by Crippen LogP contribution is 2.22. The summed E-state index contributed by atoms with van der Waals surface area (Å²) in [6.07, 6.45) is 1.60. The molecule has 1 aromatic heterocycles. The summed E-state index contributed by atoms with van der Waals surface area (Å²) < 4.78 is 14.8. The molecule has 4 rings (SSSR count). The molecule has 2 heterocycles. The van der Waals surface area contributed by atoms with Gasteiger partial charge in [0.2, 0.25) is 5.91 Å². The van der Waals surface area contributed by atoms with Gasteiger partial charge in [-0.15, -0.1) is 5.10 Å². The van der Waals surface area contributed by atoms with Crippen molar-refractivity contribution in [1.29, 1.82) is 0 Å². The first-order valence-corrected chi connectivity index (χ1v) is 10.5. The normalized spacial score (nSPS) is 16.2. The van der Waals surface area contributed by atoms with Gasteiger partial charge in [0.05, 0.1) is 11.6 Å². The lowest BCUT2D eigenvalue weighted by Crippen LogP contribution is -2.43. The third-order valence-corrected chi connectivity index (χ3v) is 5.73. The summed E-state index contributed by atoms with van der Waals surface area (Å²) in [6.45, 7) is 1.59. The van der Waals surface area contributed by atoms with Crippen molar-refractivity contribution in [3.8, 4) is 5.69 Å². The molecule has 0 bridgehead atoms. The van der Waals surface area contributed by atoms with Crippen LogP contribution in [0.25, 0.3) is 5.69 Å². The van der Waals surface area contributed by atoms with Crippen molar-refractivity contribution in [2.75, 3.05) is 18.0 Å². The number of piperidine rings is 1. The van der Waals surface area contributed by atoms with Crippen molar-refractivity contribution in [2.24, 2.45) is 5.92 Å². The van der Waals surface area contributed by atoms with Gasteiger partial charge in [-0.05, 0) is 48.7 Å². The van der Waals surface area contributed by atoms with E-state index in [-0.39, 0.29) is 17.4 Å². The van der Waals surface area contributed by atoms with Gasteiger partial charge in [0.15, 0.2) is 0 Å². The van der Waals surface area contributed by atoms with Crippen LogP contribution in [-0.4, -0.2) is 28.8 Å². The molecule has 0 unspecified atom stereocenters. The SMILES string of the molecule is O=C(NCc1ccccc1Cl)[C@H]1CCCN(c2ccc(=O)n(-c3cccc(F)c3)n2)C1. The van der Waals surface area contributed by atoms with Gasteiger partial charge in [-0.3, -0.25) is 9.59 Å². The van der Waals surface area contributed by atoms with Crippen LogP contribution >= 0.6 is 11.6 Å². The summed E-state index contributed by atoms with van der Waals surface area (Å²) >= 11 is 6.17. The van der Waals surface area contributed by atoms with Gasteiger partial charge in [0.1, 0.15) is 11.6 Å². The Labute approximate surface area is 184 Å². The lowest BCUT2D eigenvalue weighted by atomic mass is 9.97. The largest absolute Gasteiger partial charge is 0.354 e. The molecular formula is C23H22ClFN4O2. The number of hydrogen-bond donors (Lipinski definition) is 1. The summed E-state index contributed by atoms with van der Waals surface area (Å²) in [5.74, 6) is -0.104. The van der Waals surface area contributed by atoms with Crippen LogP contribution < -0.4 is 15.8 Å². The van der Waals surface area contributed by atoms with E-state index in [1.807, 2.05) is 23.1 Å². The Morgan fingerprint density at radius 2 is 2.00 bits per heavy atom. The Morgan fingerprint density at radius 3 is 2.81 bits per heavy atom. The first-order valence-electron chi connectivity index (χ1n) is 10.1. The van der Waals surface area contributed by atoms with Gasteiger partial charge in [0, 0.05) is 30.7 Å². The maximum Gasteiger partial charge on any atom is 0.271 e. The molecule has 8 heteroatoms. The number of anilines is 1. The number of aromatic nitrogens is 2. The van der Waals surface area contributed by atoms with Crippen LogP contribution in [-0.2, 0) is 11.3 Å². The second kappa shape index (κ2) is 9.31. The predicted molar refractivity (Wildman–Crippen MR) is 118 cm³/mol. The van der Waals surface area contributed by atoms with Crippen LogP contribution in [0.4, 0.5) is 10.2 Å². The van der Waals surface area contributed by atoms with Gasteiger partial charge in [-0.2, -0.15) is 4.68 Å². The van der Waals surface area contributed by atoms with E-state index in [1.165, 1.54) is 28.9 Å². The zero-order chi connectivity index (χ0) is 21.8. The molecule has 160 valence electrons. The number of carbonyl (C=O) groups is 1. The van der Waals surface area contributed by atoms with E-state index in [0.29, 0.717) is 29.6 Å². The van der Waals surface area contributed by atoms with Crippen molar-refractivity contribution in [3.63, 3.8) is 0 Å². The minimum atomic E-state index is -0.440. The predicted octanol–water partition coefficient (Wildman–Crippen LogP) is 3.56. The van der Waals surface area contributed by atoms with E-state index in [9.17, 15) is 14.0 Å². The second-order valence-electron chi connectivity index (χ2n) is 7.52. The molecule has 1 atom stereocenters. The molecule has 0 radical (unpaired) electrons. The number of benzene rings is 2. The van der Waals surface area contributed by atoms with Gasteiger partial charge in [-0.1, -0.05) is 35.9 Å². The van der Waals surface area contributed by atoms with Crippen molar-refractivity contribution < 1.29 is 9.18 Å².